The smallest absolute Gasteiger partial charge is 0.317 e. The molecule has 0 radical (unpaired) electrons. The molecule has 2 unspecified atom stereocenters. The van der Waals surface area contributed by atoms with Crippen molar-refractivity contribution in [3.05, 3.63) is 46.5 Å². The highest BCUT2D eigenvalue weighted by atomic mass is 35.5. The Bertz CT molecular complexity index is 1320. The van der Waals surface area contributed by atoms with E-state index in [1.165, 1.54) is 10.7 Å². The molecule has 0 spiro atoms. The number of hydrogen-bond acceptors (Lipinski definition) is 8. The Morgan fingerprint density at radius 3 is 2.73 bits per heavy atom. The average molecular weight is 527 g/mol. The Balaban J connectivity index is 1.37. The number of phenolic OH excluding ortho intramolecular Hbond substituents is 1. The molecule has 2 aliphatic rings. The second kappa shape index (κ2) is 10.3. The maximum Gasteiger partial charge on any atom is 0.317 e. The number of benzene rings is 1. The van der Waals surface area contributed by atoms with E-state index in [0.29, 0.717) is 41.6 Å². The highest BCUT2D eigenvalue weighted by molar-refractivity contribution is 6.30. The second-order valence-electron chi connectivity index (χ2n) is 10.1. The van der Waals surface area contributed by atoms with Gasteiger partial charge in [0.15, 0.2) is 11.6 Å². The normalized spacial score (nSPS) is 22.5. The van der Waals surface area contributed by atoms with Crippen molar-refractivity contribution >= 4 is 29.1 Å². The Hall–Kier alpha value is -3.20. The molecule has 2 fully saturated rings. The van der Waals surface area contributed by atoms with E-state index >= 15 is 0 Å². The molecule has 1 saturated carbocycles. The van der Waals surface area contributed by atoms with Crippen LogP contribution in [0.15, 0.2) is 24.5 Å². The molecular formula is C27H31ClN4O5. The fourth-order valence-corrected chi connectivity index (χ4v) is 5.97. The summed E-state index contributed by atoms with van der Waals surface area (Å²) < 4.78 is 13.2. The first kappa shape index (κ1) is 25.4. The third-order valence-electron chi connectivity index (χ3n) is 7.82. The highest BCUT2D eigenvalue weighted by Crippen LogP contribution is 2.45. The lowest BCUT2D eigenvalue weighted by Gasteiger charge is -2.43. The van der Waals surface area contributed by atoms with Crippen molar-refractivity contribution in [3.63, 3.8) is 0 Å². The zero-order valence-corrected chi connectivity index (χ0v) is 21.8. The van der Waals surface area contributed by atoms with Crippen LogP contribution in [-0.2, 0) is 33.6 Å². The number of phenols is 1. The summed E-state index contributed by atoms with van der Waals surface area (Å²) in [4.78, 5) is 35.3. The monoisotopic (exact) mass is 526 g/mol. The van der Waals surface area contributed by atoms with Crippen molar-refractivity contribution in [1.29, 1.82) is 0 Å². The van der Waals surface area contributed by atoms with Gasteiger partial charge >= 0.3 is 5.97 Å². The molecule has 1 aliphatic carbocycles. The number of carbonyl (C=O) groups excluding carboxylic acids is 2. The molecule has 10 heteroatoms. The predicted octanol–water partition coefficient (Wildman–Crippen LogP) is 4.29. The number of methoxy groups -OCH3 is 1. The predicted molar refractivity (Wildman–Crippen MR) is 136 cm³/mol. The van der Waals surface area contributed by atoms with Gasteiger partial charge < -0.3 is 14.6 Å². The molecular weight excluding hydrogens is 496 g/mol. The number of aromatic nitrogens is 4. The number of esters is 1. The van der Waals surface area contributed by atoms with Crippen molar-refractivity contribution in [1.82, 2.24) is 19.6 Å². The number of carbonyl (C=O) groups is 2. The summed E-state index contributed by atoms with van der Waals surface area (Å²) >= 11 is 5.98. The highest BCUT2D eigenvalue weighted by Gasteiger charge is 2.51. The summed E-state index contributed by atoms with van der Waals surface area (Å²) in [5.74, 6) is 0.0277. The number of halogens is 1. The van der Waals surface area contributed by atoms with Crippen LogP contribution in [0.2, 0.25) is 5.02 Å². The van der Waals surface area contributed by atoms with Gasteiger partial charge in [-0.15, -0.1) is 5.10 Å². The van der Waals surface area contributed by atoms with Gasteiger partial charge in [-0.3, -0.25) is 9.59 Å². The summed E-state index contributed by atoms with van der Waals surface area (Å²) in [7, 11) is 1.57. The standard InChI is InChI=1S/C27H31ClN4O5/c1-3-16-10-17(23(36-2)12-21(16)33)8-9-27(18-6-4-5-7-18)13-22(34)20(25(35)37-27)11-24-30-26-29-14-19(28)15-32(26)31-24/h10,12,14-15,18,20,33H,3-9,11,13H2,1-2H3. The Morgan fingerprint density at radius 2 is 2.03 bits per heavy atom. The maximum atomic E-state index is 13.5. The van der Waals surface area contributed by atoms with Crippen molar-refractivity contribution in [3.8, 4) is 11.5 Å². The van der Waals surface area contributed by atoms with E-state index in [4.69, 9.17) is 21.1 Å². The third-order valence-corrected chi connectivity index (χ3v) is 8.02. The van der Waals surface area contributed by atoms with Crippen LogP contribution in [0, 0.1) is 11.8 Å². The first-order valence-corrected chi connectivity index (χ1v) is 13.2. The van der Waals surface area contributed by atoms with Gasteiger partial charge in [-0.1, -0.05) is 31.4 Å². The average Bonchev–Trinajstić information content (AvgIpc) is 3.55. The van der Waals surface area contributed by atoms with Gasteiger partial charge in [0, 0.05) is 18.9 Å². The summed E-state index contributed by atoms with van der Waals surface area (Å²) in [6.07, 6.45) is 9.03. The topological polar surface area (TPSA) is 116 Å². The van der Waals surface area contributed by atoms with Crippen LogP contribution in [0.3, 0.4) is 0 Å². The molecule has 3 heterocycles. The molecule has 9 nitrogen and oxygen atoms in total. The van der Waals surface area contributed by atoms with Gasteiger partial charge in [-0.2, -0.15) is 4.98 Å². The van der Waals surface area contributed by atoms with Crippen molar-refractivity contribution in [2.75, 3.05) is 7.11 Å². The number of ether oxygens (including phenoxy) is 2. The first-order valence-electron chi connectivity index (χ1n) is 12.8. The zero-order chi connectivity index (χ0) is 26.2. The number of rotatable bonds is 8. The molecule has 2 atom stereocenters. The van der Waals surface area contributed by atoms with Crippen LogP contribution < -0.4 is 4.74 Å². The summed E-state index contributed by atoms with van der Waals surface area (Å²) in [5, 5.41) is 15.0. The van der Waals surface area contributed by atoms with E-state index in [0.717, 1.165) is 36.8 Å². The number of nitrogens with zero attached hydrogens (tertiary/aromatic N) is 4. The zero-order valence-electron chi connectivity index (χ0n) is 21.1. The van der Waals surface area contributed by atoms with E-state index in [1.54, 1.807) is 19.4 Å². The lowest BCUT2D eigenvalue weighted by atomic mass is 9.73. The molecule has 0 bridgehead atoms. The molecule has 37 heavy (non-hydrogen) atoms. The van der Waals surface area contributed by atoms with Gasteiger partial charge in [-0.25, -0.2) is 9.50 Å². The molecule has 1 aromatic carbocycles. The molecule has 2 aromatic heterocycles. The molecule has 1 aliphatic heterocycles. The molecule has 0 amide bonds. The number of fused-ring (bicyclic) bond motifs is 1. The van der Waals surface area contributed by atoms with Gasteiger partial charge in [0.1, 0.15) is 23.0 Å². The van der Waals surface area contributed by atoms with Gasteiger partial charge in [0.05, 0.1) is 24.5 Å². The summed E-state index contributed by atoms with van der Waals surface area (Å²) in [6.45, 7) is 1.98. The molecule has 1 saturated heterocycles. The molecule has 1 N–H and O–H groups in total. The Morgan fingerprint density at radius 1 is 1.24 bits per heavy atom. The minimum atomic E-state index is -0.947. The molecule has 5 rings (SSSR count). The minimum Gasteiger partial charge on any atom is -0.508 e. The SMILES string of the molecule is CCc1cc(CCC2(C3CCCC3)CC(=O)C(Cc3nc4ncc(Cl)cn4n3)C(=O)O2)c(OC)cc1O. The fourth-order valence-electron chi connectivity index (χ4n) is 5.83. The number of aryl methyl sites for hydroxylation is 2. The summed E-state index contributed by atoms with van der Waals surface area (Å²) in [5.41, 5.74) is 0.913. The van der Waals surface area contributed by atoms with E-state index in [9.17, 15) is 14.7 Å². The molecule has 196 valence electrons. The number of ketones is 1. The van der Waals surface area contributed by atoms with Crippen molar-refractivity contribution in [2.45, 2.75) is 70.3 Å². The van der Waals surface area contributed by atoms with Crippen LogP contribution in [0.25, 0.3) is 5.78 Å². The van der Waals surface area contributed by atoms with Crippen LogP contribution >= 0.6 is 11.6 Å². The maximum absolute atomic E-state index is 13.5. The summed E-state index contributed by atoms with van der Waals surface area (Å²) in [6, 6.07) is 3.58. The minimum absolute atomic E-state index is 0.0606. The first-order chi connectivity index (χ1) is 17.8. The van der Waals surface area contributed by atoms with E-state index in [-0.39, 0.29) is 30.3 Å². The Labute approximate surface area is 220 Å². The van der Waals surface area contributed by atoms with Crippen molar-refractivity contribution < 1.29 is 24.2 Å². The quantitative estimate of drug-likeness (QED) is 0.341. The van der Waals surface area contributed by atoms with Crippen molar-refractivity contribution in [2.24, 2.45) is 11.8 Å². The third kappa shape index (κ3) is 5.01. The largest absolute Gasteiger partial charge is 0.508 e. The van der Waals surface area contributed by atoms with E-state index in [2.05, 4.69) is 15.1 Å². The number of hydrogen-bond donors (Lipinski definition) is 1. The van der Waals surface area contributed by atoms with Gasteiger partial charge in [-0.05, 0) is 55.2 Å². The van der Waals surface area contributed by atoms with Crippen LogP contribution in [0.5, 0.6) is 11.5 Å². The molecule has 3 aromatic rings. The number of aromatic hydroxyl groups is 1. The second-order valence-corrected chi connectivity index (χ2v) is 10.5. The fraction of sp³-hybridized carbons (Fsp3) is 0.519. The number of Topliss-reactive ketones (excluding diaryl/α,β-unsaturated/α-hetero) is 1. The van der Waals surface area contributed by atoms with E-state index in [1.807, 2.05) is 13.0 Å². The van der Waals surface area contributed by atoms with Gasteiger partial charge in [0.2, 0.25) is 0 Å². The number of cyclic esters (lactones) is 1. The van der Waals surface area contributed by atoms with Crippen LogP contribution in [-0.4, -0.2) is 49.2 Å². The lowest BCUT2D eigenvalue weighted by molar-refractivity contribution is -0.185. The van der Waals surface area contributed by atoms with Crippen LogP contribution in [0.4, 0.5) is 0 Å². The van der Waals surface area contributed by atoms with Gasteiger partial charge in [0.25, 0.3) is 5.78 Å². The van der Waals surface area contributed by atoms with E-state index < -0.39 is 17.5 Å². The Kier molecular flexibility index (Phi) is 7.07. The lowest BCUT2D eigenvalue weighted by Crippen LogP contribution is -2.52. The van der Waals surface area contributed by atoms with Crippen LogP contribution in [0.1, 0.15) is 62.4 Å².